The zero-order chi connectivity index (χ0) is 11.0. The molecule has 0 aliphatic heterocycles. The number of halogens is 1. The van der Waals surface area contributed by atoms with E-state index in [2.05, 4.69) is 10.2 Å². The molecule has 0 fully saturated rings. The minimum atomic E-state index is -0.148. The molecule has 0 aliphatic rings. The van der Waals surface area contributed by atoms with Crippen LogP contribution in [0, 0.1) is 6.92 Å². The molecule has 78 valence electrons. The Morgan fingerprint density at radius 3 is 2.53 bits per heavy atom. The lowest BCUT2D eigenvalue weighted by Crippen LogP contribution is -1.80. The van der Waals surface area contributed by atoms with E-state index < -0.39 is 0 Å². The molecule has 0 saturated heterocycles. The first-order valence-electron chi connectivity index (χ1n) is 4.32. The molecule has 5 heteroatoms. The highest BCUT2D eigenvalue weighted by molar-refractivity contribution is 6.32. The molecular formula is C10H9ClN2O2. The van der Waals surface area contributed by atoms with Gasteiger partial charge in [-0.1, -0.05) is 11.6 Å². The third kappa shape index (κ3) is 1.76. The first-order chi connectivity index (χ1) is 7.08. The molecule has 0 aliphatic carbocycles. The van der Waals surface area contributed by atoms with Crippen molar-refractivity contribution in [2.45, 2.75) is 6.92 Å². The lowest BCUT2D eigenvalue weighted by Gasteiger charge is -2.03. The van der Waals surface area contributed by atoms with Crippen molar-refractivity contribution in [3.8, 4) is 22.8 Å². The Bertz CT molecular complexity index is 508. The van der Waals surface area contributed by atoms with Gasteiger partial charge in [0.15, 0.2) is 0 Å². The first kappa shape index (κ1) is 9.86. The topological polar surface area (TPSA) is 69.1 Å². The molecule has 1 aromatic carbocycles. The molecule has 0 unspecified atom stereocenters. The number of H-pyrrole nitrogens is 1. The SMILES string of the molecule is Cc1cc(-c2cc(Cl)c(O)cc2O)n[nH]1. The zero-order valence-electron chi connectivity index (χ0n) is 7.95. The number of aromatic nitrogens is 2. The highest BCUT2D eigenvalue weighted by atomic mass is 35.5. The standard InChI is InChI=1S/C10H9ClN2O2/c1-5-2-8(13-12-5)6-3-7(11)10(15)4-9(6)14/h2-4,14-15H,1H3,(H,12,13). The third-order valence-electron chi connectivity index (χ3n) is 2.05. The predicted octanol–water partition coefficient (Wildman–Crippen LogP) is 2.45. The maximum Gasteiger partial charge on any atom is 0.137 e. The summed E-state index contributed by atoms with van der Waals surface area (Å²) in [5.74, 6) is -0.200. The van der Waals surface area contributed by atoms with E-state index in [-0.39, 0.29) is 16.5 Å². The van der Waals surface area contributed by atoms with Crippen molar-refractivity contribution in [3.63, 3.8) is 0 Å². The second-order valence-corrected chi connectivity index (χ2v) is 3.66. The van der Waals surface area contributed by atoms with Gasteiger partial charge in [-0.25, -0.2) is 0 Å². The third-order valence-corrected chi connectivity index (χ3v) is 2.35. The molecule has 2 rings (SSSR count). The van der Waals surface area contributed by atoms with Crippen LogP contribution < -0.4 is 0 Å². The Balaban J connectivity index is 2.58. The van der Waals surface area contributed by atoms with E-state index in [0.29, 0.717) is 11.3 Å². The van der Waals surface area contributed by atoms with Gasteiger partial charge in [-0.3, -0.25) is 5.10 Å². The molecule has 1 heterocycles. The van der Waals surface area contributed by atoms with Crippen LogP contribution in [0.1, 0.15) is 5.69 Å². The van der Waals surface area contributed by atoms with Gasteiger partial charge in [-0.2, -0.15) is 5.10 Å². The molecule has 3 N–H and O–H groups in total. The number of rotatable bonds is 1. The van der Waals surface area contributed by atoms with Crippen LogP contribution in [0.3, 0.4) is 0 Å². The van der Waals surface area contributed by atoms with Crippen LogP contribution in [0.25, 0.3) is 11.3 Å². The number of phenols is 2. The van der Waals surface area contributed by atoms with Gasteiger partial charge in [0.05, 0.1) is 10.7 Å². The van der Waals surface area contributed by atoms with Gasteiger partial charge in [0.2, 0.25) is 0 Å². The van der Waals surface area contributed by atoms with Crippen LogP contribution in [-0.2, 0) is 0 Å². The quantitative estimate of drug-likeness (QED) is 0.697. The van der Waals surface area contributed by atoms with Crippen LogP contribution >= 0.6 is 11.6 Å². The van der Waals surface area contributed by atoms with Crippen molar-refractivity contribution < 1.29 is 10.2 Å². The summed E-state index contributed by atoms with van der Waals surface area (Å²) in [6, 6.07) is 4.45. The number of benzene rings is 1. The van der Waals surface area contributed by atoms with Crippen molar-refractivity contribution >= 4 is 11.6 Å². The van der Waals surface area contributed by atoms with Crippen molar-refractivity contribution in [3.05, 3.63) is 28.9 Å². The van der Waals surface area contributed by atoms with Crippen LogP contribution in [-0.4, -0.2) is 20.4 Å². The Morgan fingerprint density at radius 1 is 1.20 bits per heavy atom. The van der Waals surface area contributed by atoms with Gasteiger partial charge in [0, 0.05) is 17.3 Å². The van der Waals surface area contributed by atoms with E-state index in [1.807, 2.05) is 6.92 Å². The highest BCUT2D eigenvalue weighted by Crippen LogP contribution is 2.36. The van der Waals surface area contributed by atoms with Crippen LogP contribution in [0.2, 0.25) is 5.02 Å². The molecule has 0 atom stereocenters. The maximum absolute atomic E-state index is 9.61. The van der Waals surface area contributed by atoms with Gasteiger partial charge < -0.3 is 10.2 Å². The molecule has 0 amide bonds. The lowest BCUT2D eigenvalue weighted by atomic mass is 10.1. The molecule has 15 heavy (non-hydrogen) atoms. The number of aromatic amines is 1. The number of phenolic OH excluding ortho intramolecular Hbond substituents is 2. The smallest absolute Gasteiger partial charge is 0.137 e. The summed E-state index contributed by atoms with van der Waals surface area (Å²) in [4.78, 5) is 0. The van der Waals surface area contributed by atoms with Crippen molar-refractivity contribution in [2.24, 2.45) is 0 Å². The van der Waals surface area contributed by atoms with Gasteiger partial charge in [-0.15, -0.1) is 0 Å². The molecule has 1 aromatic heterocycles. The lowest BCUT2D eigenvalue weighted by molar-refractivity contribution is 0.452. The largest absolute Gasteiger partial charge is 0.507 e. The Morgan fingerprint density at radius 2 is 1.93 bits per heavy atom. The molecule has 0 radical (unpaired) electrons. The number of aryl methyl sites for hydroxylation is 1. The second-order valence-electron chi connectivity index (χ2n) is 3.26. The predicted molar refractivity (Wildman–Crippen MR) is 57.1 cm³/mol. The minimum absolute atomic E-state index is 0.0524. The van der Waals surface area contributed by atoms with Gasteiger partial charge in [0.25, 0.3) is 0 Å². The van der Waals surface area contributed by atoms with E-state index in [9.17, 15) is 10.2 Å². The number of aromatic hydroxyl groups is 2. The van der Waals surface area contributed by atoms with Crippen molar-refractivity contribution in [2.75, 3.05) is 0 Å². The summed E-state index contributed by atoms with van der Waals surface area (Å²) in [7, 11) is 0. The molecule has 2 aromatic rings. The van der Waals surface area contributed by atoms with Crippen LogP contribution in [0.15, 0.2) is 18.2 Å². The summed E-state index contributed by atoms with van der Waals surface area (Å²) >= 11 is 5.74. The van der Waals surface area contributed by atoms with Crippen LogP contribution in [0.5, 0.6) is 11.5 Å². The first-order valence-corrected chi connectivity index (χ1v) is 4.69. The summed E-state index contributed by atoms with van der Waals surface area (Å²) < 4.78 is 0. The van der Waals surface area contributed by atoms with E-state index in [1.54, 1.807) is 6.07 Å². The monoisotopic (exact) mass is 224 g/mol. The van der Waals surface area contributed by atoms with Crippen molar-refractivity contribution in [1.29, 1.82) is 0 Å². The average Bonchev–Trinajstić information content (AvgIpc) is 2.58. The minimum Gasteiger partial charge on any atom is -0.507 e. The fourth-order valence-corrected chi connectivity index (χ4v) is 1.48. The summed E-state index contributed by atoms with van der Waals surface area (Å²) in [5.41, 5.74) is 1.96. The van der Waals surface area contributed by atoms with E-state index in [4.69, 9.17) is 11.6 Å². The zero-order valence-corrected chi connectivity index (χ0v) is 8.71. The molecule has 0 saturated carbocycles. The summed E-state index contributed by atoms with van der Waals surface area (Å²) in [5, 5.41) is 25.8. The number of hydrogen-bond donors (Lipinski definition) is 3. The number of nitrogens with one attached hydrogen (secondary N) is 1. The van der Waals surface area contributed by atoms with E-state index in [0.717, 1.165) is 5.69 Å². The Hall–Kier alpha value is -1.68. The van der Waals surface area contributed by atoms with Crippen LogP contribution in [0.4, 0.5) is 0 Å². The molecule has 0 bridgehead atoms. The maximum atomic E-state index is 9.61. The van der Waals surface area contributed by atoms with Gasteiger partial charge >= 0.3 is 0 Å². The van der Waals surface area contributed by atoms with Gasteiger partial charge in [0.1, 0.15) is 11.5 Å². The van der Waals surface area contributed by atoms with E-state index in [1.165, 1.54) is 12.1 Å². The highest BCUT2D eigenvalue weighted by Gasteiger charge is 2.11. The fraction of sp³-hybridized carbons (Fsp3) is 0.100. The Labute approximate surface area is 91.1 Å². The second kappa shape index (κ2) is 3.47. The Kier molecular flexibility index (Phi) is 2.28. The molecular weight excluding hydrogens is 216 g/mol. The summed E-state index contributed by atoms with van der Waals surface area (Å²) in [6.07, 6.45) is 0. The fourth-order valence-electron chi connectivity index (χ4n) is 1.31. The number of hydrogen-bond acceptors (Lipinski definition) is 3. The van der Waals surface area contributed by atoms with Gasteiger partial charge in [-0.05, 0) is 19.1 Å². The molecule has 4 nitrogen and oxygen atoms in total. The summed E-state index contributed by atoms with van der Waals surface area (Å²) in [6.45, 7) is 1.86. The number of nitrogens with zero attached hydrogens (tertiary/aromatic N) is 1. The normalized spacial score (nSPS) is 10.5. The van der Waals surface area contributed by atoms with E-state index >= 15 is 0 Å². The average molecular weight is 225 g/mol. The molecule has 0 spiro atoms. The van der Waals surface area contributed by atoms with Crippen molar-refractivity contribution in [1.82, 2.24) is 10.2 Å².